The first kappa shape index (κ1) is 10.3. The highest BCUT2D eigenvalue weighted by Gasteiger charge is 1.96. The molecule has 0 aliphatic heterocycles. The van der Waals surface area contributed by atoms with Crippen molar-refractivity contribution in [2.24, 2.45) is 0 Å². The summed E-state index contributed by atoms with van der Waals surface area (Å²) in [7, 11) is 0. The lowest BCUT2D eigenvalue weighted by atomic mass is 10.2. The molecule has 0 saturated heterocycles. The summed E-state index contributed by atoms with van der Waals surface area (Å²) >= 11 is 0. The largest absolute Gasteiger partial charge is 0.343 e. The van der Waals surface area contributed by atoms with Crippen molar-refractivity contribution >= 4 is 5.91 Å². The van der Waals surface area contributed by atoms with E-state index in [1.165, 1.54) is 6.92 Å². The van der Waals surface area contributed by atoms with Crippen LogP contribution < -0.4 is 5.32 Å². The fraction of sp³-hybridized carbons (Fsp3) is 0.250. The Kier molecular flexibility index (Phi) is 3.75. The van der Waals surface area contributed by atoms with Crippen LogP contribution in [0.4, 0.5) is 0 Å². The molecule has 1 atom stereocenters. The van der Waals surface area contributed by atoms with Crippen LogP contribution >= 0.6 is 0 Å². The van der Waals surface area contributed by atoms with Crippen LogP contribution in [0, 0.1) is 11.8 Å². The lowest BCUT2D eigenvalue weighted by Crippen LogP contribution is -2.28. The molecule has 0 aliphatic carbocycles. The minimum atomic E-state index is -0.104. The Morgan fingerprint density at radius 3 is 2.57 bits per heavy atom. The summed E-state index contributed by atoms with van der Waals surface area (Å²) in [4.78, 5) is 10.7. The van der Waals surface area contributed by atoms with Crippen molar-refractivity contribution in [3.63, 3.8) is 0 Å². The van der Waals surface area contributed by atoms with Gasteiger partial charge in [-0.25, -0.2) is 0 Å². The van der Waals surface area contributed by atoms with Gasteiger partial charge in [-0.15, -0.1) is 0 Å². The average molecular weight is 187 g/mol. The van der Waals surface area contributed by atoms with Crippen LogP contribution in [0.5, 0.6) is 0 Å². The number of amides is 1. The molecule has 0 aromatic heterocycles. The number of rotatable bonds is 1. The van der Waals surface area contributed by atoms with E-state index in [0.717, 1.165) is 5.56 Å². The molecule has 72 valence electrons. The van der Waals surface area contributed by atoms with E-state index in [4.69, 9.17) is 0 Å². The second kappa shape index (κ2) is 5.08. The van der Waals surface area contributed by atoms with Crippen molar-refractivity contribution in [2.75, 3.05) is 0 Å². The molecule has 0 radical (unpaired) electrons. The van der Waals surface area contributed by atoms with Gasteiger partial charge in [0, 0.05) is 12.5 Å². The molecule has 1 amide bonds. The Hall–Kier alpha value is -1.75. The van der Waals surface area contributed by atoms with Crippen molar-refractivity contribution < 1.29 is 4.79 Å². The van der Waals surface area contributed by atoms with Gasteiger partial charge in [-0.05, 0) is 19.1 Å². The zero-order valence-corrected chi connectivity index (χ0v) is 8.37. The van der Waals surface area contributed by atoms with Crippen LogP contribution in [0.25, 0.3) is 0 Å². The highest BCUT2D eigenvalue weighted by molar-refractivity contribution is 5.73. The predicted molar refractivity (Wildman–Crippen MR) is 56.6 cm³/mol. The number of hydrogen-bond acceptors (Lipinski definition) is 1. The molecule has 14 heavy (non-hydrogen) atoms. The minimum absolute atomic E-state index is 0.0557. The van der Waals surface area contributed by atoms with Crippen molar-refractivity contribution in [1.29, 1.82) is 0 Å². The predicted octanol–water partition coefficient (Wildman–Crippen LogP) is 1.56. The average Bonchev–Trinajstić information content (AvgIpc) is 2.15. The molecule has 0 bridgehead atoms. The van der Waals surface area contributed by atoms with Crippen LogP contribution in [0.3, 0.4) is 0 Å². The SMILES string of the molecule is CC(=O)N[C@H](C)C#Cc1ccccc1. The maximum absolute atomic E-state index is 10.7. The van der Waals surface area contributed by atoms with Crippen LogP contribution in [0.15, 0.2) is 30.3 Å². The summed E-state index contributed by atoms with van der Waals surface area (Å²) in [5.41, 5.74) is 0.963. The van der Waals surface area contributed by atoms with Gasteiger partial charge in [0.1, 0.15) is 0 Å². The maximum Gasteiger partial charge on any atom is 0.217 e. The fourth-order valence-corrected chi connectivity index (χ4v) is 1.05. The van der Waals surface area contributed by atoms with Gasteiger partial charge in [0.15, 0.2) is 0 Å². The Labute approximate surface area is 84.3 Å². The molecule has 1 rings (SSSR count). The molecule has 0 spiro atoms. The normalized spacial score (nSPS) is 11.0. The van der Waals surface area contributed by atoms with E-state index >= 15 is 0 Å². The number of benzene rings is 1. The van der Waals surface area contributed by atoms with Crippen molar-refractivity contribution in [2.45, 2.75) is 19.9 Å². The molecule has 1 aromatic rings. The summed E-state index contributed by atoms with van der Waals surface area (Å²) in [5, 5.41) is 2.70. The van der Waals surface area contributed by atoms with Crippen molar-refractivity contribution in [1.82, 2.24) is 5.32 Å². The first-order valence-electron chi connectivity index (χ1n) is 4.52. The van der Waals surface area contributed by atoms with E-state index in [9.17, 15) is 4.79 Å². The van der Waals surface area contributed by atoms with E-state index in [0.29, 0.717) is 0 Å². The van der Waals surface area contributed by atoms with E-state index in [1.54, 1.807) is 0 Å². The lowest BCUT2D eigenvalue weighted by molar-refractivity contribution is -0.119. The second-order valence-corrected chi connectivity index (χ2v) is 3.06. The standard InChI is InChI=1S/C12H13NO/c1-10(13-11(2)14)8-9-12-6-4-3-5-7-12/h3-7,10H,1-2H3,(H,13,14)/t10-/m1/s1. The molecule has 2 nitrogen and oxygen atoms in total. The molecule has 0 aliphatic rings. The second-order valence-electron chi connectivity index (χ2n) is 3.06. The molecular formula is C12H13NO. The third-order valence-corrected chi connectivity index (χ3v) is 1.63. The fourth-order valence-electron chi connectivity index (χ4n) is 1.05. The Morgan fingerprint density at radius 2 is 2.00 bits per heavy atom. The van der Waals surface area contributed by atoms with Gasteiger partial charge in [-0.1, -0.05) is 30.0 Å². The number of nitrogens with one attached hydrogen (secondary N) is 1. The highest BCUT2D eigenvalue weighted by Crippen LogP contribution is 1.94. The van der Waals surface area contributed by atoms with Gasteiger partial charge in [0.25, 0.3) is 0 Å². The molecule has 0 heterocycles. The third-order valence-electron chi connectivity index (χ3n) is 1.63. The monoisotopic (exact) mass is 187 g/mol. The maximum atomic E-state index is 10.7. The third kappa shape index (κ3) is 3.77. The summed E-state index contributed by atoms with van der Waals surface area (Å²) in [6.07, 6.45) is 0. The quantitative estimate of drug-likeness (QED) is 0.664. The van der Waals surface area contributed by atoms with Gasteiger partial charge in [0.05, 0.1) is 6.04 Å². The van der Waals surface area contributed by atoms with Crippen LogP contribution in [-0.4, -0.2) is 11.9 Å². The minimum Gasteiger partial charge on any atom is -0.343 e. The smallest absolute Gasteiger partial charge is 0.217 e. The number of hydrogen-bond donors (Lipinski definition) is 1. The van der Waals surface area contributed by atoms with E-state index < -0.39 is 0 Å². The lowest BCUT2D eigenvalue weighted by Gasteiger charge is -2.02. The molecular weight excluding hydrogens is 174 g/mol. The molecule has 0 fully saturated rings. The zero-order chi connectivity index (χ0) is 10.4. The van der Waals surface area contributed by atoms with Gasteiger partial charge >= 0.3 is 0 Å². The molecule has 2 heteroatoms. The Bertz CT molecular complexity index is 359. The van der Waals surface area contributed by atoms with E-state index in [1.807, 2.05) is 37.3 Å². The molecule has 0 saturated carbocycles. The summed E-state index contributed by atoms with van der Waals surface area (Å²) in [6, 6.07) is 9.59. The van der Waals surface area contributed by atoms with Crippen LogP contribution in [0.1, 0.15) is 19.4 Å². The van der Waals surface area contributed by atoms with Gasteiger partial charge < -0.3 is 5.32 Å². The number of carbonyl (C=O) groups is 1. The Balaban J connectivity index is 2.60. The summed E-state index contributed by atoms with van der Waals surface area (Å²) < 4.78 is 0. The Morgan fingerprint density at radius 1 is 1.36 bits per heavy atom. The topological polar surface area (TPSA) is 29.1 Å². The van der Waals surface area contributed by atoms with Crippen LogP contribution in [-0.2, 0) is 4.79 Å². The van der Waals surface area contributed by atoms with Gasteiger partial charge in [-0.3, -0.25) is 4.79 Å². The summed E-state index contributed by atoms with van der Waals surface area (Å²) in [6.45, 7) is 3.35. The highest BCUT2D eigenvalue weighted by atomic mass is 16.1. The van der Waals surface area contributed by atoms with Gasteiger partial charge in [0.2, 0.25) is 5.91 Å². The van der Waals surface area contributed by atoms with E-state index in [2.05, 4.69) is 17.2 Å². The van der Waals surface area contributed by atoms with Crippen molar-refractivity contribution in [3.05, 3.63) is 35.9 Å². The molecule has 1 N–H and O–H groups in total. The zero-order valence-electron chi connectivity index (χ0n) is 8.37. The first-order valence-corrected chi connectivity index (χ1v) is 4.52. The van der Waals surface area contributed by atoms with Gasteiger partial charge in [-0.2, -0.15) is 0 Å². The molecule has 0 unspecified atom stereocenters. The van der Waals surface area contributed by atoms with Crippen molar-refractivity contribution in [3.8, 4) is 11.8 Å². The van der Waals surface area contributed by atoms with E-state index in [-0.39, 0.29) is 11.9 Å². The first-order chi connectivity index (χ1) is 6.68. The van der Waals surface area contributed by atoms with Crippen LogP contribution in [0.2, 0.25) is 0 Å². The number of carbonyl (C=O) groups excluding carboxylic acids is 1. The summed E-state index contributed by atoms with van der Waals surface area (Å²) in [5.74, 6) is 5.88. The molecule has 1 aromatic carbocycles.